The average molecular weight is 333 g/mol. The number of aryl methyl sites for hydroxylation is 3. The molecule has 0 amide bonds. The number of pyridine rings is 1. The molecule has 1 aromatic carbocycles. The van der Waals surface area contributed by atoms with Gasteiger partial charge in [-0.25, -0.2) is 9.97 Å². The molecule has 0 spiro atoms. The first-order chi connectivity index (χ1) is 10.6. The second-order valence-corrected chi connectivity index (χ2v) is 6.78. The minimum Gasteiger partial charge on any atom is -0.494 e. The van der Waals surface area contributed by atoms with Gasteiger partial charge in [0.1, 0.15) is 16.1 Å². The Morgan fingerprint density at radius 1 is 1.23 bits per heavy atom. The standard InChI is InChI=1S/C17H17ClN2OS/c1-11-8-15-17(19-10-11)22-16(20-15)4-3-7-21-13-6-5-12(2)14(18)9-13/h5-6,8-10H,3-4,7H2,1-2H3. The fourth-order valence-electron chi connectivity index (χ4n) is 2.15. The topological polar surface area (TPSA) is 35.0 Å². The molecule has 114 valence electrons. The Kier molecular flexibility index (Phi) is 4.60. The number of hydrogen-bond donors (Lipinski definition) is 0. The molecule has 0 atom stereocenters. The van der Waals surface area contributed by atoms with Crippen LogP contribution in [0.4, 0.5) is 0 Å². The predicted molar refractivity (Wildman–Crippen MR) is 92.2 cm³/mol. The van der Waals surface area contributed by atoms with E-state index in [4.69, 9.17) is 16.3 Å². The first kappa shape index (κ1) is 15.3. The molecule has 0 saturated heterocycles. The van der Waals surface area contributed by atoms with Gasteiger partial charge in [-0.15, -0.1) is 0 Å². The number of hydrogen-bond acceptors (Lipinski definition) is 4. The van der Waals surface area contributed by atoms with Gasteiger partial charge in [-0.3, -0.25) is 0 Å². The van der Waals surface area contributed by atoms with Crippen LogP contribution in [0.2, 0.25) is 5.02 Å². The molecule has 22 heavy (non-hydrogen) atoms. The van der Waals surface area contributed by atoms with Crippen LogP contribution in [-0.4, -0.2) is 16.6 Å². The van der Waals surface area contributed by atoms with Crippen molar-refractivity contribution in [1.82, 2.24) is 9.97 Å². The Bertz CT molecular complexity index is 800. The van der Waals surface area contributed by atoms with Gasteiger partial charge in [-0.1, -0.05) is 29.0 Å². The van der Waals surface area contributed by atoms with E-state index in [0.29, 0.717) is 6.61 Å². The second-order valence-electron chi connectivity index (χ2n) is 5.31. The van der Waals surface area contributed by atoms with Crippen molar-refractivity contribution < 1.29 is 4.74 Å². The molecule has 2 aromatic heterocycles. The van der Waals surface area contributed by atoms with Crippen LogP contribution in [0.3, 0.4) is 0 Å². The summed E-state index contributed by atoms with van der Waals surface area (Å²) in [6, 6.07) is 7.86. The number of ether oxygens (including phenoxy) is 1. The summed E-state index contributed by atoms with van der Waals surface area (Å²) < 4.78 is 5.73. The fraction of sp³-hybridized carbons (Fsp3) is 0.294. The molecular weight excluding hydrogens is 316 g/mol. The second kappa shape index (κ2) is 6.63. The summed E-state index contributed by atoms with van der Waals surface area (Å²) in [6.07, 6.45) is 3.71. The zero-order chi connectivity index (χ0) is 15.5. The largest absolute Gasteiger partial charge is 0.494 e. The van der Waals surface area contributed by atoms with Gasteiger partial charge < -0.3 is 4.74 Å². The highest BCUT2D eigenvalue weighted by Gasteiger charge is 2.05. The molecule has 3 rings (SSSR count). The molecule has 0 unspecified atom stereocenters. The van der Waals surface area contributed by atoms with Crippen molar-refractivity contribution in [3.63, 3.8) is 0 Å². The SMILES string of the molecule is Cc1cnc2sc(CCCOc3ccc(C)c(Cl)c3)nc2c1. The first-order valence-electron chi connectivity index (χ1n) is 7.23. The fourth-order valence-corrected chi connectivity index (χ4v) is 3.25. The number of thiazole rings is 1. The molecule has 3 nitrogen and oxygen atoms in total. The zero-order valence-corrected chi connectivity index (χ0v) is 14.2. The van der Waals surface area contributed by atoms with E-state index in [9.17, 15) is 0 Å². The normalized spacial score (nSPS) is 11.0. The Morgan fingerprint density at radius 3 is 2.91 bits per heavy atom. The smallest absolute Gasteiger partial charge is 0.143 e. The summed E-state index contributed by atoms with van der Waals surface area (Å²) in [7, 11) is 0. The third-order valence-corrected chi connectivity index (χ3v) is 4.82. The van der Waals surface area contributed by atoms with Crippen LogP contribution in [0.1, 0.15) is 22.6 Å². The van der Waals surface area contributed by atoms with E-state index in [0.717, 1.165) is 50.1 Å². The minimum atomic E-state index is 0.655. The maximum absolute atomic E-state index is 6.09. The summed E-state index contributed by atoms with van der Waals surface area (Å²) in [6.45, 7) is 4.67. The van der Waals surface area contributed by atoms with E-state index in [1.807, 2.05) is 38.2 Å². The number of rotatable bonds is 5. The van der Waals surface area contributed by atoms with Crippen molar-refractivity contribution in [2.75, 3.05) is 6.61 Å². The lowest BCUT2D eigenvalue weighted by atomic mass is 10.2. The van der Waals surface area contributed by atoms with Crippen LogP contribution in [-0.2, 0) is 6.42 Å². The molecule has 0 N–H and O–H groups in total. The van der Waals surface area contributed by atoms with Gasteiger partial charge >= 0.3 is 0 Å². The maximum atomic E-state index is 6.09. The molecule has 0 aliphatic carbocycles. The number of nitrogens with zero attached hydrogens (tertiary/aromatic N) is 2. The van der Waals surface area contributed by atoms with Crippen molar-refractivity contribution in [2.24, 2.45) is 0 Å². The van der Waals surface area contributed by atoms with Gasteiger partial charge in [0.15, 0.2) is 0 Å². The molecule has 0 aliphatic rings. The van der Waals surface area contributed by atoms with Gasteiger partial charge in [0, 0.05) is 17.6 Å². The van der Waals surface area contributed by atoms with E-state index >= 15 is 0 Å². The van der Waals surface area contributed by atoms with Gasteiger partial charge in [0.2, 0.25) is 0 Å². The van der Waals surface area contributed by atoms with Crippen molar-refractivity contribution >= 4 is 33.3 Å². The summed E-state index contributed by atoms with van der Waals surface area (Å²) >= 11 is 7.74. The van der Waals surface area contributed by atoms with Crippen LogP contribution in [0.15, 0.2) is 30.5 Å². The summed E-state index contributed by atoms with van der Waals surface area (Å²) in [5, 5.41) is 1.85. The Labute approximate surface area is 138 Å². The molecule has 2 heterocycles. The van der Waals surface area contributed by atoms with E-state index in [2.05, 4.69) is 16.0 Å². The van der Waals surface area contributed by atoms with Crippen molar-refractivity contribution in [2.45, 2.75) is 26.7 Å². The molecule has 0 radical (unpaired) electrons. The number of benzene rings is 1. The Hall–Kier alpha value is -1.65. The number of aromatic nitrogens is 2. The van der Waals surface area contributed by atoms with E-state index < -0.39 is 0 Å². The van der Waals surface area contributed by atoms with Gasteiger partial charge in [-0.2, -0.15) is 0 Å². The Balaban J connectivity index is 1.54. The van der Waals surface area contributed by atoms with E-state index in [-0.39, 0.29) is 0 Å². The molecule has 0 bridgehead atoms. The quantitative estimate of drug-likeness (QED) is 0.618. The van der Waals surface area contributed by atoms with E-state index in [1.165, 1.54) is 0 Å². The third kappa shape index (κ3) is 3.57. The maximum Gasteiger partial charge on any atom is 0.143 e. The highest BCUT2D eigenvalue weighted by molar-refractivity contribution is 7.18. The lowest BCUT2D eigenvalue weighted by Gasteiger charge is -2.06. The Morgan fingerprint density at radius 2 is 2.09 bits per heavy atom. The summed E-state index contributed by atoms with van der Waals surface area (Å²) in [4.78, 5) is 10.0. The average Bonchev–Trinajstić information content (AvgIpc) is 2.89. The van der Waals surface area contributed by atoms with Crippen LogP contribution in [0.25, 0.3) is 10.3 Å². The minimum absolute atomic E-state index is 0.655. The third-order valence-electron chi connectivity index (χ3n) is 3.38. The lowest BCUT2D eigenvalue weighted by molar-refractivity contribution is 0.311. The van der Waals surface area contributed by atoms with Crippen LogP contribution in [0, 0.1) is 13.8 Å². The molecule has 5 heteroatoms. The number of halogens is 1. The van der Waals surface area contributed by atoms with Crippen LogP contribution >= 0.6 is 22.9 Å². The van der Waals surface area contributed by atoms with Crippen LogP contribution in [0.5, 0.6) is 5.75 Å². The predicted octanol–water partition coefficient (Wildman–Crippen LogP) is 4.97. The molecule has 0 fully saturated rings. The van der Waals surface area contributed by atoms with Crippen LogP contribution < -0.4 is 4.74 Å². The van der Waals surface area contributed by atoms with Gasteiger partial charge in [0.05, 0.1) is 11.6 Å². The monoisotopic (exact) mass is 332 g/mol. The highest BCUT2D eigenvalue weighted by atomic mass is 35.5. The first-order valence-corrected chi connectivity index (χ1v) is 8.42. The molecular formula is C17H17ClN2OS. The molecule has 3 aromatic rings. The van der Waals surface area contributed by atoms with Gasteiger partial charge in [-0.05, 0) is 49.6 Å². The lowest BCUT2D eigenvalue weighted by Crippen LogP contribution is -1.99. The number of fused-ring (bicyclic) bond motifs is 1. The van der Waals surface area contributed by atoms with Crippen molar-refractivity contribution in [1.29, 1.82) is 0 Å². The molecule has 0 saturated carbocycles. The molecule has 0 aliphatic heterocycles. The van der Waals surface area contributed by atoms with Crippen molar-refractivity contribution in [3.8, 4) is 5.75 Å². The zero-order valence-electron chi connectivity index (χ0n) is 12.6. The van der Waals surface area contributed by atoms with Gasteiger partial charge in [0.25, 0.3) is 0 Å². The van der Waals surface area contributed by atoms with E-state index in [1.54, 1.807) is 11.3 Å². The summed E-state index contributed by atoms with van der Waals surface area (Å²) in [5.74, 6) is 0.817. The highest BCUT2D eigenvalue weighted by Crippen LogP contribution is 2.23. The van der Waals surface area contributed by atoms with Crippen molar-refractivity contribution in [3.05, 3.63) is 51.6 Å². The summed E-state index contributed by atoms with van der Waals surface area (Å²) in [5.41, 5.74) is 3.20.